The Balaban J connectivity index is 0.000000185. The molecule has 0 radical (unpaired) electrons. The molecule has 2 aromatic carbocycles. The summed E-state index contributed by atoms with van der Waals surface area (Å²) in [5.41, 5.74) is 7.30. The van der Waals surface area contributed by atoms with Crippen LogP contribution >= 0.6 is 31.9 Å². The number of pyridine rings is 2. The van der Waals surface area contributed by atoms with Gasteiger partial charge < -0.3 is 10.5 Å². The Morgan fingerprint density at radius 1 is 0.723 bits per heavy atom. The number of primary amides is 1. The summed E-state index contributed by atoms with van der Waals surface area (Å²) in [6, 6.07) is 16.0. The fourth-order valence-corrected chi connectivity index (χ4v) is 7.08. The molecule has 2 N–H and O–H groups in total. The molecule has 47 heavy (non-hydrogen) atoms. The van der Waals surface area contributed by atoms with Crippen LogP contribution in [-0.2, 0) is 24.4 Å². The molecular weight excluding hydrogens is 782 g/mol. The average Bonchev–Trinajstić information content (AvgIpc) is 3.59. The van der Waals surface area contributed by atoms with Crippen LogP contribution in [0, 0.1) is 0 Å². The van der Waals surface area contributed by atoms with Gasteiger partial charge in [-0.05, 0) is 60.7 Å². The molecule has 0 spiro atoms. The van der Waals surface area contributed by atoms with Crippen molar-refractivity contribution in [3.05, 3.63) is 93.4 Å². The van der Waals surface area contributed by atoms with Gasteiger partial charge in [0.05, 0.1) is 39.0 Å². The van der Waals surface area contributed by atoms with Gasteiger partial charge in [-0.1, -0.05) is 31.9 Å². The van der Waals surface area contributed by atoms with Gasteiger partial charge in [-0.2, -0.15) is 10.2 Å². The number of benzene rings is 2. The Hall–Kier alpha value is -4.52. The molecular formula is C29H23Br2N7O7S2. The summed E-state index contributed by atoms with van der Waals surface area (Å²) < 4.78 is 56.0. The van der Waals surface area contributed by atoms with Crippen LogP contribution in [0.2, 0.25) is 0 Å². The van der Waals surface area contributed by atoms with Crippen LogP contribution in [0.25, 0.3) is 33.4 Å². The molecule has 6 rings (SSSR count). The largest absolute Gasteiger partial charge is 0.464 e. The molecule has 0 aliphatic heterocycles. The highest BCUT2D eigenvalue weighted by Gasteiger charge is 2.21. The van der Waals surface area contributed by atoms with Crippen LogP contribution in [0.1, 0.15) is 21.0 Å². The highest BCUT2D eigenvalue weighted by atomic mass is 79.9. The van der Waals surface area contributed by atoms with Crippen LogP contribution in [0.4, 0.5) is 0 Å². The summed E-state index contributed by atoms with van der Waals surface area (Å²) in [7, 11) is -5.54. The number of nitrogens with two attached hydrogens (primary N) is 1. The molecule has 14 nitrogen and oxygen atoms in total. The van der Waals surface area contributed by atoms with Gasteiger partial charge in [-0.25, -0.2) is 41.0 Å². The second kappa shape index (κ2) is 12.9. The number of carbonyl (C=O) groups excluding carboxylic acids is 2. The topological polar surface area (TPSA) is 199 Å². The summed E-state index contributed by atoms with van der Waals surface area (Å²) >= 11 is 6.58. The highest BCUT2D eigenvalue weighted by Crippen LogP contribution is 2.27. The predicted molar refractivity (Wildman–Crippen MR) is 179 cm³/mol. The summed E-state index contributed by atoms with van der Waals surface area (Å²) in [5, 5.41) is 9.47. The Bertz CT molecular complexity index is 2440. The lowest BCUT2D eigenvalue weighted by atomic mass is 10.2. The molecule has 6 aromatic rings. The summed E-state index contributed by atoms with van der Waals surface area (Å²) in [6.45, 7) is 0. The number of aromatic nitrogens is 6. The molecule has 0 fully saturated rings. The van der Waals surface area contributed by atoms with E-state index in [4.69, 9.17) is 10.5 Å². The number of fused-ring (bicyclic) bond motifs is 2. The van der Waals surface area contributed by atoms with E-state index in [9.17, 15) is 26.4 Å². The van der Waals surface area contributed by atoms with E-state index in [0.29, 0.717) is 42.4 Å². The first-order valence-corrected chi connectivity index (χ1v) is 18.5. The van der Waals surface area contributed by atoms with Crippen molar-refractivity contribution in [3.63, 3.8) is 0 Å². The smallest absolute Gasteiger partial charge is 0.359 e. The SMILES string of the molecule is COC(=O)c1nn(-c2cc(Br)cc(S(C)(=O)=O)c2)c2ncccc12.CS(=O)(=O)c1cc(Br)cc(-n2nc(C(N)=O)c3cccnc32)c1. The van der Waals surface area contributed by atoms with Gasteiger partial charge in [-0.15, -0.1) is 0 Å². The molecule has 1 amide bonds. The van der Waals surface area contributed by atoms with Gasteiger partial charge >= 0.3 is 5.97 Å². The zero-order valence-corrected chi connectivity index (χ0v) is 29.4. The van der Waals surface area contributed by atoms with Gasteiger partial charge in [0.2, 0.25) is 0 Å². The van der Waals surface area contributed by atoms with Gasteiger partial charge in [0.1, 0.15) is 0 Å². The molecule has 0 unspecified atom stereocenters. The lowest BCUT2D eigenvalue weighted by Gasteiger charge is -2.06. The Kier molecular flexibility index (Phi) is 9.31. The number of methoxy groups -OCH3 is 1. The molecule has 4 aromatic heterocycles. The number of nitrogens with zero attached hydrogens (tertiary/aromatic N) is 6. The van der Waals surface area contributed by atoms with Crippen LogP contribution in [0.3, 0.4) is 0 Å². The summed E-state index contributed by atoms with van der Waals surface area (Å²) in [4.78, 5) is 32.2. The van der Waals surface area contributed by atoms with E-state index in [1.807, 2.05) is 0 Å². The third kappa shape index (κ3) is 7.09. The van der Waals surface area contributed by atoms with E-state index in [0.717, 1.165) is 12.5 Å². The molecule has 0 aliphatic rings. The van der Waals surface area contributed by atoms with E-state index in [1.165, 1.54) is 40.7 Å². The lowest BCUT2D eigenvalue weighted by molar-refractivity contribution is 0.0595. The Morgan fingerprint density at radius 3 is 1.55 bits per heavy atom. The molecule has 18 heteroatoms. The van der Waals surface area contributed by atoms with Gasteiger partial charge in [-0.3, -0.25) is 4.79 Å². The third-order valence-corrected chi connectivity index (χ3v) is 9.65. The first-order valence-electron chi connectivity index (χ1n) is 13.2. The van der Waals surface area contributed by atoms with Crippen LogP contribution in [-0.4, -0.2) is 77.9 Å². The number of ether oxygens (including phenoxy) is 1. The van der Waals surface area contributed by atoms with Gasteiger partial charge in [0.25, 0.3) is 5.91 Å². The maximum atomic E-state index is 11.9. The standard InChI is InChI=1S/C15H12BrN3O4S.C14H11BrN4O3S/c1-23-15(20)13-12-4-3-5-17-14(12)19(18-13)10-6-9(16)7-11(8-10)24(2,21)22;1-23(21,22)10-6-8(15)5-9(7-10)19-14-11(3-2-4-17-14)12(18-19)13(16)20/h3-8H,1-2H3;2-7H,1H3,(H2,16,20). The van der Waals surface area contributed by atoms with Crippen molar-refractivity contribution >= 4 is 85.5 Å². The molecule has 0 bridgehead atoms. The molecule has 242 valence electrons. The van der Waals surface area contributed by atoms with Gasteiger partial charge in [0, 0.05) is 33.9 Å². The minimum Gasteiger partial charge on any atom is -0.464 e. The van der Waals surface area contributed by atoms with E-state index >= 15 is 0 Å². The first kappa shape index (κ1) is 33.8. The first-order chi connectivity index (χ1) is 22.1. The zero-order valence-electron chi connectivity index (χ0n) is 24.6. The van der Waals surface area contributed by atoms with Crippen LogP contribution < -0.4 is 5.73 Å². The minimum atomic E-state index is -3.41. The van der Waals surface area contributed by atoms with Gasteiger partial charge in [0.15, 0.2) is 42.4 Å². The Labute approximate surface area is 284 Å². The van der Waals surface area contributed by atoms with Crippen molar-refractivity contribution in [2.24, 2.45) is 5.73 Å². The van der Waals surface area contributed by atoms with E-state index in [1.54, 1.807) is 48.8 Å². The number of rotatable bonds is 6. The lowest BCUT2D eigenvalue weighted by Crippen LogP contribution is -2.12. The highest BCUT2D eigenvalue weighted by molar-refractivity contribution is 9.10. The third-order valence-electron chi connectivity index (χ3n) is 6.55. The fraction of sp³-hybridized carbons (Fsp3) is 0.103. The molecule has 0 atom stereocenters. The van der Waals surface area contributed by atoms with E-state index in [2.05, 4.69) is 52.0 Å². The van der Waals surface area contributed by atoms with E-state index < -0.39 is 31.6 Å². The summed E-state index contributed by atoms with van der Waals surface area (Å²) in [6.07, 6.45) is 5.36. The molecule has 0 aliphatic carbocycles. The number of sulfone groups is 2. The number of amides is 1. The molecule has 0 saturated heterocycles. The van der Waals surface area contributed by atoms with Crippen LogP contribution in [0.5, 0.6) is 0 Å². The second-order valence-electron chi connectivity index (χ2n) is 9.96. The maximum Gasteiger partial charge on any atom is 0.359 e. The second-order valence-corrected chi connectivity index (χ2v) is 15.8. The number of hydrogen-bond donors (Lipinski definition) is 1. The number of hydrogen-bond acceptors (Lipinski definition) is 11. The molecule has 0 saturated carbocycles. The fourth-order valence-electron chi connectivity index (χ4n) is 4.46. The minimum absolute atomic E-state index is 0.0778. The zero-order chi connectivity index (χ0) is 34.3. The van der Waals surface area contributed by atoms with Crippen LogP contribution in [0.15, 0.2) is 91.8 Å². The number of carbonyl (C=O) groups is 2. The average molecular weight is 805 g/mol. The maximum absolute atomic E-state index is 11.9. The van der Waals surface area contributed by atoms with Crippen molar-refractivity contribution in [1.82, 2.24) is 29.5 Å². The monoisotopic (exact) mass is 803 g/mol. The van der Waals surface area contributed by atoms with Crippen molar-refractivity contribution in [1.29, 1.82) is 0 Å². The predicted octanol–water partition coefficient (Wildman–Crippen LogP) is 4.06. The van der Waals surface area contributed by atoms with E-state index in [-0.39, 0.29) is 21.2 Å². The van der Waals surface area contributed by atoms with Crippen molar-refractivity contribution < 1.29 is 31.2 Å². The number of esters is 1. The quantitative estimate of drug-likeness (QED) is 0.238. The normalized spacial score (nSPS) is 11.7. The van der Waals surface area contributed by atoms with Crippen molar-refractivity contribution in [2.75, 3.05) is 19.6 Å². The molecule has 4 heterocycles. The number of halogens is 2. The summed E-state index contributed by atoms with van der Waals surface area (Å²) in [5.74, 6) is -1.27. The van der Waals surface area contributed by atoms with Crippen molar-refractivity contribution in [2.45, 2.75) is 9.79 Å². The van der Waals surface area contributed by atoms with Crippen molar-refractivity contribution in [3.8, 4) is 11.4 Å². The Morgan fingerprint density at radius 2 is 1.15 bits per heavy atom.